The number of hydrogen-bond donors (Lipinski definition) is 0. The van der Waals surface area contributed by atoms with E-state index in [0.29, 0.717) is 6.04 Å². The first kappa shape index (κ1) is 18.1. The molecule has 7 nitrogen and oxygen atoms in total. The number of anilines is 2. The summed E-state index contributed by atoms with van der Waals surface area (Å²) >= 11 is 0. The molecular formula is C20H28N6O. The van der Waals surface area contributed by atoms with Gasteiger partial charge in [-0.2, -0.15) is 4.98 Å². The van der Waals surface area contributed by atoms with Gasteiger partial charge in [0.1, 0.15) is 5.82 Å². The van der Waals surface area contributed by atoms with E-state index in [2.05, 4.69) is 44.7 Å². The molecule has 2 aromatic heterocycles. The molecule has 2 aliphatic rings. The molecule has 0 aliphatic carbocycles. The highest BCUT2D eigenvalue weighted by Gasteiger charge is 2.27. The molecule has 0 amide bonds. The molecule has 0 bridgehead atoms. The smallest absolute Gasteiger partial charge is 0.227 e. The number of nitrogens with zero attached hydrogens (tertiary/aromatic N) is 6. The topological polar surface area (TPSA) is 57.6 Å². The molecule has 7 heteroatoms. The average molecular weight is 368 g/mol. The third-order valence-electron chi connectivity index (χ3n) is 5.42. The number of hydrogen-bond acceptors (Lipinski definition) is 7. The van der Waals surface area contributed by atoms with Gasteiger partial charge in [0.25, 0.3) is 0 Å². The van der Waals surface area contributed by atoms with Gasteiger partial charge in [-0.1, -0.05) is 6.07 Å². The fourth-order valence-corrected chi connectivity index (χ4v) is 3.87. The first-order valence-corrected chi connectivity index (χ1v) is 9.70. The van der Waals surface area contributed by atoms with Gasteiger partial charge < -0.3 is 14.5 Å². The molecule has 0 spiro atoms. The van der Waals surface area contributed by atoms with Crippen LogP contribution in [0.2, 0.25) is 0 Å². The standard InChI is InChI=1S/C20H28N6O/c1-16-11-17(13-21-12-16)14-25-6-4-18(15-25)24(2)19-3-5-22-20(23-19)26-7-9-27-10-8-26/h3,5,11-13,18H,4,6-10,14-15H2,1-2H3. The summed E-state index contributed by atoms with van der Waals surface area (Å²) in [5.74, 6) is 1.80. The third kappa shape index (κ3) is 4.36. The van der Waals surface area contributed by atoms with Crippen molar-refractivity contribution in [3.05, 3.63) is 41.9 Å². The minimum atomic E-state index is 0.468. The Morgan fingerprint density at radius 2 is 2.07 bits per heavy atom. The Morgan fingerprint density at radius 1 is 1.22 bits per heavy atom. The van der Waals surface area contributed by atoms with Crippen LogP contribution in [0, 0.1) is 6.92 Å². The summed E-state index contributed by atoms with van der Waals surface area (Å²) in [5, 5.41) is 0. The SMILES string of the molecule is Cc1cncc(CN2CCC(N(C)c3ccnc(N4CCOCC4)n3)C2)c1. The number of aryl methyl sites for hydroxylation is 1. The Balaban J connectivity index is 1.39. The lowest BCUT2D eigenvalue weighted by Crippen LogP contribution is -2.38. The Morgan fingerprint density at radius 3 is 2.89 bits per heavy atom. The molecule has 2 aliphatic heterocycles. The predicted octanol–water partition coefficient (Wildman–Crippen LogP) is 1.73. The maximum absolute atomic E-state index is 5.43. The van der Waals surface area contributed by atoms with Gasteiger partial charge in [0.05, 0.1) is 13.2 Å². The van der Waals surface area contributed by atoms with E-state index in [0.717, 1.165) is 64.1 Å². The molecule has 1 unspecified atom stereocenters. The van der Waals surface area contributed by atoms with Crippen molar-refractivity contribution in [2.75, 3.05) is 56.2 Å². The zero-order valence-electron chi connectivity index (χ0n) is 16.2. The normalized spacial score (nSPS) is 20.8. The van der Waals surface area contributed by atoms with Gasteiger partial charge in [-0.15, -0.1) is 0 Å². The second-order valence-corrected chi connectivity index (χ2v) is 7.47. The number of aromatic nitrogens is 3. The van der Waals surface area contributed by atoms with E-state index in [1.165, 1.54) is 11.1 Å². The monoisotopic (exact) mass is 368 g/mol. The van der Waals surface area contributed by atoms with Gasteiger partial charge in [-0.05, 0) is 30.5 Å². The molecule has 27 heavy (non-hydrogen) atoms. The van der Waals surface area contributed by atoms with E-state index >= 15 is 0 Å². The van der Waals surface area contributed by atoms with E-state index in [4.69, 9.17) is 9.72 Å². The van der Waals surface area contributed by atoms with Crippen molar-refractivity contribution in [3.8, 4) is 0 Å². The molecule has 0 aromatic carbocycles. The fourth-order valence-electron chi connectivity index (χ4n) is 3.87. The molecule has 4 heterocycles. The molecule has 144 valence electrons. The summed E-state index contributed by atoms with van der Waals surface area (Å²) in [6.07, 6.45) is 6.90. The van der Waals surface area contributed by atoms with Crippen molar-refractivity contribution in [1.29, 1.82) is 0 Å². The van der Waals surface area contributed by atoms with Gasteiger partial charge in [-0.3, -0.25) is 9.88 Å². The van der Waals surface area contributed by atoms with Crippen molar-refractivity contribution in [2.24, 2.45) is 0 Å². The molecular weight excluding hydrogens is 340 g/mol. The van der Waals surface area contributed by atoms with Crippen LogP contribution in [0.25, 0.3) is 0 Å². The molecule has 0 saturated carbocycles. The third-order valence-corrected chi connectivity index (χ3v) is 5.42. The van der Waals surface area contributed by atoms with Crippen molar-refractivity contribution in [1.82, 2.24) is 19.9 Å². The highest BCUT2D eigenvalue weighted by molar-refractivity contribution is 5.44. The van der Waals surface area contributed by atoms with Gasteiger partial charge in [-0.25, -0.2) is 4.98 Å². The van der Waals surface area contributed by atoms with Crippen LogP contribution in [0.5, 0.6) is 0 Å². The zero-order valence-corrected chi connectivity index (χ0v) is 16.2. The van der Waals surface area contributed by atoms with Crippen LogP contribution in [0.4, 0.5) is 11.8 Å². The Labute approximate surface area is 161 Å². The Hall–Kier alpha value is -2.25. The summed E-state index contributed by atoms with van der Waals surface area (Å²) in [6.45, 7) is 8.40. The molecule has 2 saturated heterocycles. The molecule has 2 fully saturated rings. The highest BCUT2D eigenvalue weighted by Crippen LogP contribution is 2.23. The quantitative estimate of drug-likeness (QED) is 0.796. The summed E-state index contributed by atoms with van der Waals surface area (Å²) in [5.41, 5.74) is 2.51. The van der Waals surface area contributed by atoms with Crippen molar-refractivity contribution >= 4 is 11.8 Å². The zero-order chi connectivity index (χ0) is 18.6. The van der Waals surface area contributed by atoms with Crippen molar-refractivity contribution in [3.63, 3.8) is 0 Å². The lowest BCUT2D eigenvalue weighted by Gasteiger charge is -2.29. The second kappa shape index (κ2) is 8.19. The molecule has 0 radical (unpaired) electrons. The Bertz CT molecular complexity index is 764. The van der Waals surface area contributed by atoms with E-state index in [9.17, 15) is 0 Å². The maximum Gasteiger partial charge on any atom is 0.227 e. The van der Waals surface area contributed by atoms with E-state index in [1.54, 1.807) is 0 Å². The Kier molecular flexibility index (Phi) is 5.50. The van der Waals surface area contributed by atoms with Gasteiger partial charge in [0.2, 0.25) is 5.95 Å². The van der Waals surface area contributed by atoms with Gasteiger partial charge in [0, 0.05) is 64.4 Å². The molecule has 1 atom stereocenters. The number of likely N-dealkylation sites (N-methyl/N-ethyl adjacent to an activating group) is 1. The number of pyridine rings is 1. The van der Waals surface area contributed by atoms with Crippen LogP contribution in [0.15, 0.2) is 30.7 Å². The van der Waals surface area contributed by atoms with Crippen LogP contribution < -0.4 is 9.80 Å². The van der Waals surface area contributed by atoms with Crippen LogP contribution in [-0.2, 0) is 11.3 Å². The number of likely N-dealkylation sites (tertiary alicyclic amines) is 1. The summed E-state index contributed by atoms with van der Waals surface area (Å²) in [4.78, 5) is 20.6. The molecule has 4 rings (SSSR count). The minimum Gasteiger partial charge on any atom is -0.378 e. The van der Waals surface area contributed by atoms with Crippen LogP contribution >= 0.6 is 0 Å². The van der Waals surface area contributed by atoms with Gasteiger partial charge >= 0.3 is 0 Å². The van der Waals surface area contributed by atoms with Crippen molar-refractivity contribution < 1.29 is 4.74 Å². The minimum absolute atomic E-state index is 0.468. The summed E-state index contributed by atoms with van der Waals surface area (Å²) in [6, 6.07) is 4.70. The average Bonchev–Trinajstić information content (AvgIpc) is 3.16. The second-order valence-electron chi connectivity index (χ2n) is 7.47. The first-order valence-electron chi connectivity index (χ1n) is 9.70. The van der Waals surface area contributed by atoms with Gasteiger partial charge in [0.15, 0.2) is 0 Å². The molecule has 2 aromatic rings. The van der Waals surface area contributed by atoms with Crippen LogP contribution in [0.3, 0.4) is 0 Å². The van der Waals surface area contributed by atoms with Crippen LogP contribution in [-0.4, -0.2) is 72.3 Å². The largest absolute Gasteiger partial charge is 0.378 e. The summed E-state index contributed by atoms with van der Waals surface area (Å²) in [7, 11) is 2.15. The summed E-state index contributed by atoms with van der Waals surface area (Å²) < 4.78 is 5.43. The first-order chi connectivity index (χ1) is 13.2. The number of morpholine rings is 1. The van der Waals surface area contributed by atoms with E-state index < -0.39 is 0 Å². The maximum atomic E-state index is 5.43. The number of ether oxygens (including phenoxy) is 1. The fraction of sp³-hybridized carbons (Fsp3) is 0.550. The predicted molar refractivity (Wildman–Crippen MR) is 106 cm³/mol. The number of rotatable bonds is 5. The lowest BCUT2D eigenvalue weighted by atomic mass is 10.2. The van der Waals surface area contributed by atoms with E-state index in [-0.39, 0.29) is 0 Å². The van der Waals surface area contributed by atoms with E-state index in [1.807, 2.05) is 24.7 Å². The molecule has 0 N–H and O–H groups in total. The van der Waals surface area contributed by atoms with Crippen LogP contribution in [0.1, 0.15) is 17.5 Å². The highest BCUT2D eigenvalue weighted by atomic mass is 16.5. The lowest BCUT2D eigenvalue weighted by molar-refractivity contribution is 0.122. The van der Waals surface area contributed by atoms with Crippen molar-refractivity contribution in [2.45, 2.75) is 25.9 Å².